The number of benzene rings is 2. The summed E-state index contributed by atoms with van der Waals surface area (Å²) in [6, 6.07) is 8.95. The summed E-state index contributed by atoms with van der Waals surface area (Å²) in [6.45, 7) is 0.876. The summed E-state index contributed by atoms with van der Waals surface area (Å²) in [5.74, 6) is -1.67. The molecule has 0 bridgehead atoms. The lowest BCUT2D eigenvalue weighted by Crippen LogP contribution is -2.52. The van der Waals surface area contributed by atoms with E-state index in [1.807, 2.05) is 0 Å². The molecule has 1 N–H and O–H groups in total. The van der Waals surface area contributed by atoms with Crippen molar-refractivity contribution in [3.63, 3.8) is 0 Å². The van der Waals surface area contributed by atoms with Crippen molar-refractivity contribution in [3.8, 4) is 5.75 Å². The number of urea groups is 1. The number of nitrogens with zero attached hydrogens (tertiary/aromatic N) is 3. The van der Waals surface area contributed by atoms with Crippen molar-refractivity contribution in [2.75, 3.05) is 24.6 Å². The van der Waals surface area contributed by atoms with E-state index in [-0.39, 0.29) is 29.4 Å². The van der Waals surface area contributed by atoms with Gasteiger partial charge in [0.05, 0.1) is 10.6 Å². The molecule has 2 aliphatic heterocycles. The highest BCUT2D eigenvalue weighted by atomic mass is 35.5. The number of amides is 3. The zero-order chi connectivity index (χ0) is 26.9. The molecule has 2 atom stereocenters. The van der Waals surface area contributed by atoms with E-state index < -0.39 is 42.8 Å². The van der Waals surface area contributed by atoms with E-state index in [4.69, 9.17) is 16.3 Å². The van der Waals surface area contributed by atoms with Crippen LogP contribution in [0.1, 0.15) is 35.7 Å². The van der Waals surface area contributed by atoms with E-state index >= 15 is 0 Å². The summed E-state index contributed by atoms with van der Waals surface area (Å²) < 4.78 is 42.1. The topological polar surface area (TPSA) is 90.4 Å². The third-order valence-electron chi connectivity index (χ3n) is 6.45. The van der Waals surface area contributed by atoms with E-state index in [0.717, 1.165) is 6.07 Å². The van der Waals surface area contributed by atoms with Crippen molar-refractivity contribution < 1.29 is 37.4 Å². The number of carboxylic acids is 1. The predicted molar refractivity (Wildman–Crippen MR) is 129 cm³/mol. The SMILES string of the molecule is C[C@@H]1CN(C(=O)c2ccc(OCC(F)(F)F)cc2Cl)c2ccccc2CN1C(=O)N1CCC[C@@H]1C(=O)O. The van der Waals surface area contributed by atoms with Gasteiger partial charge in [-0.25, -0.2) is 9.59 Å². The molecule has 3 amide bonds. The molecule has 37 heavy (non-hydrogen) atoms. The van der Waals surface area contributed by atoms with E-state index in [0.29, 0.717) is 30.6 Å². The van der Waals surface area contributed by atoms with Crippen molar-refractivity contribution >= 4 is 35.2 Å². The van der Waals surface area contributed by atoms with Gasteiger partial charge in [-0.1, -0.05) is 29.8 Å². The van der Waals surface area contributed by atoms with Crippen LogP contribution in [0.15, 0.2) is 42.5 Å². The molecule has 0 saturated carbocycles. The van der Waals surface area contributed by atoms with Crippen LogP contribution >= 0.6 is 11.6 Å². The Hall–Kier alpha value is -3.47. The van der Waals surface area contributed by atoms with Crippen LogP contribution in [0, 0.1) is 0 Å². The normalized spacial score (nSPS) is 19.9. The van der Waals surface area contributed by atoms with Gasteiger partial charge >= 0.3 is 18.2 Å². The standard InChI is InChI=1S/C25H25ClF3N3O5/c1-15-12-32(22(33)18-9-8-17(11-19(18)26)37-14-25(27,28)29)20-6-3-2-5-16(20)13-31(15)24(36)30-10-4-7-21(30)23(34)35/h2-3,5-6,8-9,11,15,21H,4,7,10,12-14H2,1H3,(H,34,35)/t15-,21-/m1/s1. The molecule has 8 nitrogen and oxygen atoms in total. The minimum absolute atomic E-state index is 0.0632. The maximum atomic E-state index is 13.6. The Morgan fingerprint density at radius 3 is 2.54 bits per heavy atom. The van der Waals surface area contributed by atoms with Crippen LogP contribution in [0.5, 0.6) is 5.75 Å². The molecule has 0 aromatic heterocycles. The molecule has 0 radical (unpaired) electrons. The van der Waals surface area contributed by atoms with Crippen molar-refractivity contribution in [1.82, 2.24) is 9.80 Å². The smallest absolute Gasteiger partial charge is 0.422 e. The molecule has 0 unspecified atom stereocenters. The second-order valence-corrected chi connectivity index (χ2v) is 9.45. The van der Waals surface area contributed by atoms with E-state index in [1.54, 1.807) is 36.1 Å². The number of para-hydroxylation sites is 1. The number of hydrogen-bond acceptors (Lipinski definition) is 4. The number of aliphatic carboxylic acids is 1. The van der Waals surface area contributed by atoms with Crippen molar-refractivity contribution in [3.05, 3.63) is 58.6 Å². The van der Waals surface area contributed by atoms with Gasteiger partial charge in [0.1, 0.15) is 11.8 Å². The van der Waals surface area contributed by atoms with Gasteiger partial charge in [-0.05, 0) is 49.6 Å². The summed E-state index contributed by atoms with van der Waals surface area (Å²) in [5.41, 5.74) is 1.30. The van der Waals surface area contributed by atoms with Gasteiger partial charge in [-0.15, -0.1) is 0 Å². The number of alkyl halides is 3. The fourth-order valence-electron chi connectivity index (χ4n) is 4.64. The lowest BCUT2D eigenvalue weighted by Gasteiger charge is -2.34. The second-order valence-electron chi connectivity index (χ2n) is 9.04. The van der Waals surface area contributed by atoms with Gasteiger partial charge in [0, 0.05) is 31.4 Å². The van der Waals surface area contributed by atoms with E-state index in [9.17, 15) is 32.7 Å². The Kier molecular flexibility index (Phi) is 7.54. The number of carbonyl (C=O) groups excluding carboxylic acids is 2. The average Bonchev–Trinajstić information content (AvgIpc) is 3.29. The number of fused-ring (bicyclic) bond motifs is 1. The lowest BCUT2D eigenvalue weighted by atomic mass is 10.1. The first kappa shape index (κ1) is 26.6. The Labute approximate surface area is 216 Å². The van der Waals surface area contributed by atoms with E-state index in [2.05, 4.69) is 0 Å². The number of carbonyl (C=O) groups is 3. The fourth-order valence-corrected chi connectivity index (χ4v) is 4.90. The van der Waals surface area contributed by atoms with Crippen LogP contribution in [-0.2, 0) is 11.3 Å². The summed E-state index contributed by atoms with van der Waals surface area (Å²) in [6.07, 6.45) is -3.55. The van der Waals surface area contributed by atoms with Crippen molar-refractivity contribution in [2.24, 2.45) is 0 Å². The Morgan fingerprint density at radius 2 is 1.86 bits per heavy atom. The van der Waals surface area contributed by atoms with Crippen molar-refractivity contribution in [1.29, 1.82) is 0 Å². The number of carboxylic acid groups (broad SMARTS) is 1. The van der Waals surface area contributed by atoms with Gasteiger partial charge in [-0.2, -0.15) is 13.2 Å². The quantitative estimate of drug-likeness (QED) is 0.603. The first-order valence-electron chi connectivity index (χ1n) is 11.6. The van der Waals surface area contributed by atoms with Gasteiger partial charge in [0.15, 0.2) is 6.61 Å². The highest BCUT2D eigenvalue weighted by Crippen LogP contribution is 2.33. The summed E-state index contributed by atoms with van der Waals surface area (Å²) in [4.78, 5) is 43.1. The van der Waals surface area contributed by atoms with Gasteiger partial charge < -0.3 is 24.5 Å². The van der Waals surface area contributed by atoms with Crippen LogP contribution < -0.4 is 9.64 Å². The highest BCUT2D eigenvalue weighted by Gasteiger charge is 2.40. The molecule has 2 heterocycles. The molecular formula is C25H25ClF3N3O5. The maximum Gasteiger partial charge on any atom is 0.422 e. The Balaban J connectivity index is 1.61. The van der Waals surface area contributed by atoms with Crippen LogP contribution in [0.25, 0.3) is 0 Å². The number of likely N-dealkylation sites (tertiary alicyclic amines) is 1. The molecule has 4 rings (SSSR count). The summed E-state index contributed by atoms with van der Waals surface area (Å²) in [7, 11) is 0. The monoisotopic (exact) mass is 539 g/mol. The van der Waals surface area contributed by atoms with Crippen LogP contribution in [-0.4, -0.2) is 70.8 Å². The summed E-state index contributed by atoms with van der Waals surface area (Å²) in [5, 5.41) is 9.45. The number of halogens is 4. The molecule has 198 valence electrons. The molecular weight excluding hydrogens is 515 g/mol. The Morgan fingerprint density at radius 1 is 1.14 bits per heavy atom. The highest BCUT2D eigenvalue weighted by molar-refractivity contribution is 6.34. The van der Waals surface area contributed by atoms with Crippen LogP contribution in [0.2, 0.25) is 5.02 Å². The second kappa shape index (κ2) is 10.5. The molecule has 2 aromatic rings. The van der Waals surface area contributed by atoms with Gasteiger partial charge in [-0.3, -0.25) is 4.79 Å². The molecule has 0 spiro atoms. The molecule has 1 saturated heterocycles. The first-order valence-corrected chi connectivity index (χ1v) is 12.0. The van der Waals surface area contributed by atoms with Crippen molar-refractivity contribution in [2.45, 2.75) is 44.6 Å². The number of rotatable bonds is 4. The molecule has 0 aliphatic carbocycles. The number of hydrogen-bond donors (Lipinski definition) is 1. The molecule has 1 fully saturated rings. The lowest BCUT2D eigenvalue weighted by molar-refractivity contribution is -0.153. The third-order valence-corrected chi connectivity index (χ3v) is 6.76. The van der Waals surface area contributed by atoms with Gasteiger partial charge in [0.25, 0.3) is 5.91 Å². The third kappa shape index (κ3) is 5.76. The van der Waals surface area contributed by atoms with Crippen LogP contribution in [0.3, 0.4) is 0 Å². The number of anilines is 1. The average molecular weight is 540 g/mol. The predicted octanol–water partition coefficient (Wildman–Crippen LogP) is 4.80. The minimum Gasteiger partial charge on any atom is -0.484 e. The maximum absolute atomic E-state index is 13.6. The Bertz CT molecular complexity index is 1210. The zero-order valence-corrected chi connectivity index (χ0v) is 20.6. The van der Waals surface area contributed by atoms with E-state index in [1.165, 1.54) is 21.9 Å². The largest absolute Gasteiger partial charge is 0.484 e. The zero-order valence-electron chi connectivity index (χ0n) is 19.9. The van der Waals surface area contributed by atoms with Gasteiger partial charge in [0.2, 0.25) is 0 Å². The number of ether oxygens (including phenoxy) is 1. The first-order chi connectivity index (χ1) is 17.5. The fraction of sp³-hybridized carbons (Fsp3) is 0.400. The molecule has 12 heteroatoms. The minimum atomic E-state index is -4.52. The van der Waals surface area contributed by atoms with Crippen LogP contribution in [0.4, 0.5) is 23.7 Å². The molecule has 2 aromatic carbocycles. The molecule has 2 aliphatic rings. The summed E-state index contributed by atoms with van der Waals surface area (Å²) >= 11 is 6.27.